The first-order valence-electron chi connectivity index (χ1n) is 9.91. The molecule has 2 unspecified atom stereocenters. The fraction of sp³-hybridized carbons (Fsp3) is 0.700. The molecule has 2 atom stereocenters. The first-order valence-corrected chi connectivity index (χ1v) is 9.91. The monoisotopic (exact) mass is 357 g/mol. The second kappa shape index (κ2) is 6.82. The van der Waals surface area contributed by atoms with Gasteiger partial charge in [-0.05, 0) is 32.2 Å². The maximum atomic E-state index is 6.31. The largest absolute Gasteiger partial charge is 0.384 e. The molecule has 0 saturated carbocycles. The predicted octanol–water partition coefficient (Wildman–Crippen LogP) is 2.97. The molecular formula is C20H31N5O. The third-order valence-corrected chi connectivity index (χ3v) is 5.65. The van der Waals surface area contributed by atoms with Gasteiger partial charge in [0.2, 0.25) is 0 Å². The zero-order valence-corrected chi connectivity index (χ0v) is 16.2. The number of hydrogen-bond acceptors (Lipinski definition) is 5. The Balaban J connectivity index is 1.55. The van der Waals surface area contributed by atoms with Gasteiger partial charge in [0.05, 0.1) is 17.5 Å². The summed E-state index contributed by atoms with van der Waals surface area (Å²) in [5, 5.41) is 4.66. The van der Waals surface area contributed by atoms with E-state index in [1.165, 1.54) is 25.7 Å². The number of nitrogens with zero attached hydrogens (tertiary/aromatic N) is 4. The SMILES string of the molecule is CC(C)(C)c1cc2nc(C3CCCN(CC4CCCO4)C3)cc(N)n2n1. The number of fused-ring (bicyclic) bond motifs is 1. The maximum Gasteiger partial charge on any atom is 0.157 e. The van der Waals surface area contributed by atoms with Crippen LogP contribution in [-0.2, 0) is 10.2 Å². The normalized spacial score (nSPS) is 25.2. The first kappa shape index (κ1) is 17.7. The van der Waals surface area contributed by atoms with Crippen molar-refractivity contribution in [3.63, 3.8) is 0 Å². The number of hydrogen-bond donors (Lipinski definition) is 1. The van der Waals surface area contributed by atoms with Crippen molar-refractivity contribution < 1.29 is 4.74 Å². The fourth-order valence-electron chi connectivity index (χ4n) is 4.13. The van der Waals surface area contributed by atoms with Crippen LogP contribution < -0.4 is 5.73 Å². The average Bonchev–Trinajstić information content (AvgIpc) is 3.24. The van der Waals surface area contributed by atoms with Crippen LogP contribution in [0, 0.1) is 0 Å². The van der Waals surface area contributed by atoms with Gasteiger partial charge in [-0.2, -0.15) is 9.61 Å². The highest BCUT2D eigenvalue weighted by molar-refractivity contribution is 5.49. The standard InChI is InChI=1S/C20H31N5O/c1-20(2,3)17-11-19-22-16(10-18(21)25(19)23-17)14-6-4-8-24(12-14)13-15-7-5-9-26-15/h10-11,14-15H,4-9,12-13,21H2,1-3H3. The molecule has 4 rings (SSSR count). The van der Waals surface area contributed by atoms with E-state index in [0.29, 0.717) is 17.8 Å². The maximum absolute atomic E-state index is 6.31. The van der Waals surface area contributed by atoms with E-state index in [2.05, 4.69) is 36.8 Å². The molecule has 6 nitrogen and oxygen atoms in total. The molecule has 2 aliphatic rings. The van der Waals surface area contributed by atoms with Gasteiger partial charge >= 0.3 is 0 Å². The van der Waals surface area contributed by atoms with E-state index in [1.54, 1.807) is 4.52 Å². The van der Waals surface area contributed by atoms with Gasteiger partial charge in [-0.25, -0.2) is 4.98 Å². The Morgan fingerprint density at radius 2 is 2.08 bits per heavy atom. The van der Waals surface area contributed by atoms with Gasteiger partial charge in [0.15, 0.2) is 5.65 Å². The van der Waals surface area contributed by atoms with E-state index in [4.69, 9.17) is 15.5 Å². The van der Waals surface area contributed by atoms with Gasteiger partial charge in [0, 0.05) is 43.2 Å². The van der Waals surface area contributed by atoms with Gasteiger partial charge < -0.3 is 15.4 Å². The van der Waals surface area contributed by atoms with E-state index in [-0.39, 0.29) is 5.41 Å². The summed E-state index contributed by atoms with van der Waals surface area (Å²) < 4.78 is 7.59. The van der Waals surface area contributed by atoms with Gasteiger partial charge in [0.25, 0.3) is 0 Å². The molecule has 0 aliphatic carbocycles. The minimum atomic E-state index is -0.0107. The molecule has 26 heavy (non-hydrogen) atoms. The Bertz CT molecular complexity index is 772. The lowest BCUT2D eigenvalue weighted by Gasteiger charge is -2.33. The van der Waals surface area contributed by atoms with Crippen molar-refractivity contribution in [3.8, 4) is 0 Å². The van der Waals surface area contributed by atoms with Gasteiger partial charge in [-0.15, -0.1) is 0 Å². The minimum Gasteiger partial charge on any atom is -0.384 e. The lowest BCUT2D eigenvalue weighted by molar-refractivity contribution is 0.0630. The van der Waals surface area contributed by atoms with Crippen molar-refractivity contribution in [1.29, 1.82) is 0 Å². The quantitative estimate of drug-likeness (QED) is 0.915. The topological polar surface area (TPSA) is 68.7 Å². The highest BCUT2D eigenvalue weighted by Gasteiger charge is 2.27. The van der Waals surface area contributed by atoms with Crippen LogP contribution in [0.4, 0.5) is 5.82 Å². The summed E-state index contributed by atoms with van der Waals surface area (Å²) in [5.74, 6) is 1.11. The summed E-state index contributed by atoms with van der Waals surface area (Å²) in [6.45, 7) is 10.7. The van der Waals surface area contributed by atoms with Crippen molar-refractivity contribution in [3.05, 3.63) is 23.5 Å². The lowest BCUT2D eigenvalue weighted by atomic mass is 9.92. The molecule has 2 aliphatic heterocycles. The molecule has 142 valence electrons. The van der Waals surface area contributed by atoms with Crippen molar-refractivity contribution in [1.82, 2.24) is 19.5 Å². The van der Waals surface area contributed by atoms with Gasteiger partial charge in [-0.3, -0.25) is 0 Å². The van der Waals surface area contributed by atoms with Crippen LogP contribution in [0.2, 0.25) is 0 Å². The van der Waals surface area contributed by atoms with Crippen molar-refractivity contribution in [2.45, 2.75) is 63.9 Å². The van der Waals surface area contributed by atoms with E-state index in [1.807, 2.05) is 6.07 Å². The molecule has 2 saturated heterocycles. The Morgan fingerprint density at radius 1 is 1.23 bits per heavy atom. The molecular weight excluding hydrogens is 326 g/mol. The molecule has 0 bridgehead atoms. The number of rotatable bonds is 3. The molecule has 6 heteroatoms. The average molecular weight is 358 g/mol. The van der Waals surface area contributed by atoms with Gasteiger partial charge in [-0.1, -0.05) is 20.8 Å². The van der Waals surface area contributed by atoms with Crippen LogP contribution in [-0.4, -0.2) is 51.8 Å². The molecule has 2 fully saturated rings. The highest BCUT2D eigenvalue weighted by atomic mass is 16.5. The second-order valence-corrected chi connectivity index (χ2v) is 8.89. The molecule has 0 spiro atoms. The van der Waals surface area contributed by atoms with Gasteiger partial charge in [0.1, 0.15) is 5.82 Å². The molecule has 4 heterocycles. The Kier molecular flexibility index (Phi) is 4.65. The van der Waals surface area contributed by atoms with Crippen LogP contribution in [0.15, 0.2) is 12.1 Å². The first-order chi connectivity index (χ1) is 12.4. The lowest BCUT2D eigenvalue weighted by Crippen LogP contribution is -2.39. The number of nitrogens with two attached hydrogens (primary N) is 1. The summed E-state index contributed by atoms with van der Waals surface area (Å²) >= 11 is 0. The smallest absolute Gasteiger partial charge is 0.157 e. The molecule has 0 aromatic carbocycles. The molecule has 2 N–H and O–H groups in total. The fourth-order valence-corrected chi connectivity index (χ4v) is 4.13. The van der Waals surface area contributed by atoms with E-state index in [9.17, 15) is 0 Å². The summed E-state index contributed by atoms with van der Waals surface area (Å²) in [6.07, 6.45) is 5.19. The third-order valence-electron chi connectivity index (χ3n) is 5.65. The zero-order chi connectivity index (χ0) is 18.3. The molecule has 2 aromatic rings. The van der Waals surface area contributed by atoms with Crippen LogP contribution in [0.25, 0.3) is 5.65 Å². The summed E-state index contributed by atoms with van der Waals surface area (Å²) in [6, 6.07) is 4.10. The Hall–Kier alpha value is -1.66. The molecule has 0 radical (unpaired) electrons. The van der Waals surface area contributed by atoms with E-state index >= 15 is 0 Å². The van der Waals surface area contributed by atoms with Crippen LogP contribution in [0.1, 0.15) is 63.8 Å². The Morgan fingerprint density at radius 3 is 2.81 bits per heavy atom. The highest BCUT2D eigenvalue weighted by Crippen LogP contribution is 2.29. The van der Waals surface area contributed by atoms with E-state index in [0.717, 1.165) is 43.3 Å². The van der Waals surface area contributed by atoms with E-state index < -0.39 is 0 Å². The van der Waals surface area contributed by atoms with Crippen LogP contribution in [0.3, 0.4) is 0 Å². The second-order valence-electron chi connectivity index (χ2n) is 8.89. The summed E-state index contributed by atoms with van der Waals surface area (Å²) in [4.78, 5) is 7.47. The number of nitrogen functional groups attached to an aromatic ring is 1. The van der Waals surface area contributed by atoms with Crippen molar-refractivity contribution in [2.24, 2.45) is 0 Å². The summed E-state index contributed by atoms with van der Waals surface area (Å²) in [5.41, 5.74) is 9.29. The number of anilines is 1. The van der Waals surface area contributed by atoms with Crippen molar-refractivity contribution >= 4 is 11.5 Å². The number of piperidine rings is 1. The minimum absolute atomic E-state index is 0.0107. The van der Waals surface area contributed by atoms with Crippen molar-refractivity contribution in [2.75, 3.05) is 32.0 Å². The van der Waals surface area contributed by atoms with Crippen LogP contribution in [0.5, 0.6) is 0 Å². The third kappa shape index (κ3) is 3.58. The molecule has 2 aromatic heterocycles. The van der Waals surface area contributed by atoms with Crippen LogP contribution >= 0.6 is 0 Å². The Labute approximate surface area is 155 Å². The number of aromatic nitrogens is 3. The summed E-state index contributed by atoms with van der Waals surface area (Å²) in [7, 11) is 0. The predicted molar refractivity (Wildman–Crippen MR) is 103 cm³/mol. The number of ether oxygens (including phenoxy) is 1. The molecule has 0 amide bonds. The number of likely N-dealkylation sites (tertiary alicyclic amines) is 1. The zero-order valence-electron chi connectivity index (χ0n) is 16.2.